The zero-order chi connectivity index (χ0) is 21.2. The van der Waals surface area contributed by atoms with E-state index in [2.05, 4.69) is 46.3 Å². The second-order valence-corrected chi connectivity index (χ2v) is 8.17. The zero-order valence-electron chi connectivity index (χ0n) is 17.3. The van der Waals surface area contributed by atoms with Crippen molar-refractivity contribution in [3.63, 3.8) is 0 Å². The van der Waals surface area contributed by atoms with Crippen LogP contribution in [0.3, 0.4) is 0 Å². The van der Waals surface area contributed by atoms with Gasteiger partial charge in [0, 0.05) is 23.8 Å². The second-order valence-electron chi connectivity index (χ2n) is 8.17. The third-order valence-corrected chi connectivity index (χ3v) is 6.11. The van der Waals surface area contributed by atoms with Gasteiger partial charge in [-0.25, -0.2) is 9.78 Å². The van der Waals surface area contributed by atoms with Crippen LogP contribution in [0.25, 0.3) is 22.4 Å². The highest BCUT2D eigenvalue weighted by molar-refractivity contribution is 5.93. The Hall–Kier alpha value is -3.60. The second kappa shape index (κ2) is 8.26. The minimum atomic E-state index is -0.923. The van der Waals surface area contributed by atoms with Crippen molar-refractivity contribution in [1.82, 2.24) is 9.55 Å². The summed E-state index contributed by atoms with van der Waals surface area (Å²) in [6.45, 7) is 0.777. The van der Waals surface area contributed by atoms with Crippen molar-refractivity contribution in [2.24, 2.45) is 0 Å². The fourth-order valence-electron chi connectivity index (χ4n) is 4.50. The SMILES string of the molecule is O=C(O)c1ccc2c(c1)nc(-c1ccc(NCc3ccccc3)cc1)n2C1CCCC1. The summed E-state index contributed by atoms with van der Waals surface area (Å²) < 4.78 is 2.32. The van der Waals surface area contributed by atoms with Crippen molar-refractivity contribution < 1.29 is 9.90 Å². The van der Waals surface area contributed by atoms with Gasteiger partial charge >= 0.3 is 5.97 Å². The highest BCUT2D eigenvalue weighted by atomic mass is 16.4. The average molecular weight is 412 g/mol. The number of rotatable bonds is 6. The number of aromatic carboxylic acids is 1. The van der Waals surface area contributed by atoms with Crippen LogP contribution in [0.15, 0.2) is 72.8 Å². The van der Waals surface area contributed by atoms with Crippen LogP contribution in [0.5, 0.6) is 0 Å². The smallest absolute Gasteiger partial charge is 0.335 e. The number of nitrogens with zero attached hydrogens (tertiary/aromatic N) is 2. The van der Waals surface area contributed by atoms with Crippen molar-refractivity contribution in [3.8, 4) is 11.4 Å². The highest BCUT2D eigenvalue weighted by Crippen LogP contribution is 2.37. The lowest BCUT2D eigenvalue weighted by Crippen LogP contribution is -2.07. The molecule has 1 aliphatic rings. The van der Waals surface area contributed by atoms with Gasteiger partial charge in [0.25, 0.3) is 0 Å². The van der Waals surface area contributed by atoms with Crippen LogP contribution in [0, 0.1) is 0 Å². The topological polar surface area (TPSA) is 67.2 Å². The van der Waals surface area contributed by atoms with E-state index in [0.717, 1.165) is 47.5 Å². The number of imidazole rings is 1. The molecule has 1 aromatic heterocycles. The molecule has 5 nitrogen and oxygen atoms in total. The number of benzene rings is 3. The predicted octanol–water partition coefficient (Wildman–Crippen LogP) is 6.13. The van der Waals surface area contributed by atoms with Crippen LogP contribution < -0.4 is 5.32 Å². The molecule has 0 atom stereocenters. The first kappa shape index (κ1) is 19.4. The summed E-state index contributed by atoms with van der Waals surface area (Å²) >= 11 is 0. The Morgan fingerprint density at radius 3 is 2.45 bits per heavy atom. The number of hydrogen-bond acceptors (Lipinski definition) is 3. The van der Waals surface area contributed by atoms with E-state index >= 15 is 0 Å². The van der Waals surface area contributed by atoms with E-state index in [1.54, 1.807) is 12.1 Å². The highest BCUT2D eigenvalue weighted by Gasteiger charge is 2.24. The molecule has 0 saturated heterocycles. The van der Waals surface area contributed by atoms with Gasteiger partial charge in [0.1, 0.15) is 5.82 Å². The molecule has 2 N–H and O–H groups in total. The maximum Gasteiger partial charge on any atom is 0.335 e. The summed E-state index contributed by atoms with van der Waals surface area (Å²) in [6.07, 6.45) is 4.71. The molecule has 0 amide bonds. The van der Waals surface area contributed by atoms with Gasteiger partial charge in [0.05, 0.1) is 16.6 Å². The maximum absolute atomic E-state index is 11.4. The lowest BCUT2D eigenvalue weighted by Gasteiger charge is -2.17. The molecule has 5 heteroatoms. The van der Waals surface area contributed by atoms with Gasteiger partial charge in [-0.3, -0.25) is 0 Å². The molecule has 1 saturated carbocycles. The lowest BCUT2D eigenvalue weighted by atomic mass is 10.1. The first-order valence-corrected chi connectivity index (χ1v) is 10.8. The van der Waals surface area contributed by atoms with Gasteiger partial charge in [-0.1, -0.05) is 43.2 Å². The normalized spacial score (nSPS) is 14.2. The van der Waals surface area contributed by atoms with Crippen LogP contribution in [-0.4, -0.2) is 20.6 Å². The van der Waals surface area contributed by atoms with E-state index in [-0.39, 0.29) is 5.56 Å². The Balaban J connectivity index is 1.48. The van der Waals surface area contributed by atoms with Crippen molar-refractivity contribution in [3.05, 3.63) is 83.9 Å². The van der Waals surface area contributed by atoms with Gasteiger partial charge < -0.3 is 15.0 Å². The van der Waals surface area contributed by atoms with Crippen LogP contribution in [0.2, 0.25) is 0 Å². The van der Waals surface area contributed by atoms with Gasteiger partial charge in [-0.2, -0.15) is 0 Å². The molecule has 156 valence electrons. The molecule has 0 unspecified atom stereocenters. The number of hydrogen-bond donors (Lipinski definition) is 2. The van der Waals surface area contributed by atoms with E-state index in [0.29, 0.717) is 6.04 Å². The minimum Gasteiger partial charge on any atom is -0.478 e. The van der Waals surface area contributed by atoms with Crippen LogP contribution in [0.4, 0.5) is 5.69 Å². The van der Waals surface area contributed by atoms with E-state index in [1.165, 1.54) is 18.4 Å². The summed E-state index contributed by atoms with van der Waals surface area (Å²) in [5, 5.41) is 12.8. The van der Waals surface area contributed by atoms with Crippen molar-refractivity contribution >= 4 is 22.7 Å². The zero-order valence-corrected chi connectivity index (χ0v) is 17.3. The molecule has 1 heterocycles. The van der Waals surface area contributed by atoms with Crippen LogP contribution in [-0.2, 0) is 6.54 Å². The molecule has 5 rings (SSSR count). The summed E-state index contributed by atoms with van der Waals surface area (Å²) in [4.78, 5) is 16.3. The first-order chi connectivity index (χ1) is 15.2. The van der Waals surface area contributed by atoms with E-state index in [4.69, 9.17) is 4.98 Å². The number of fused-ring (bicyclic) bond motifs is 1. The number of anilines is 1. The quantitative estimate of drug-likeness (QED) is 0.401. The molecule has 0 bridgehead atoms. The Labute approximate surface area is 181 Å². The maximum atomic E-state index is 11.4. The number of carbonyl (C=O) groups is 1. The fourth-order valence-corrected chi connectivity index (χ4v) is 4.50. The third-order valence-electron chi connectivity index (χ3n) is 6.11. The Morgan fingerprint density at radius 1 is 1.00 bits per heavy atom. The Kier molecular flexibility index (Phi) is 5.16. The largest absolute Gasteiger partial charge is 0.478 e. The molecule has 0 aliphatic heterocycles. The fraction of sp³-hybridized carbons (Fsp3) is 0.231. The lowest BCUT2D eigenvalue weighted by molar-refractivity contribution is 0.0697. The third kappa shape index (κ3) is 3.91. The summed E-state index contributed by atoms with van der Waals surface area (Å²) in [5.41, 5.74) is 5.38. The number of nitrogens with one attached hydrogen (secondary N) is 1. The Morgan fingerprint density at radius 2 is 1.74 bits per heavy atom. The van der Waals surface area contributed by atoms with Gasteiger partial charge in [0.2, 0.25) is 0 Å². The van der Waals surface area contributed by atoms with E-state index in [9.17, 15) is 9.90 Å². The predicted molar refractivity (Wildman–Crippen MR) is 123 cm³/mol. The molecule has 0 spiro atoms. The molecule has 4 aromatic rings. The molecule has 1 fully saturated rings. The molecule has 3 aromatic carbocycles. The summed E-state index contributed by atoms with van der Waals surface area (Å²) in [7, 11) is 0. The minimum absolute atomic E-state index is 0.274. The average Bonchev–Trinajstić information content (AvgIpc) is 3.46. The van der Waals surface area contributed by atoms with Gasteiger partial charge in [-0.15, -0.1) is 0 Å². The molecular formula is C26H25N3O2. The number of carboxylic acids is 1. The molecule has 31 heavy (non-hydrogen) atoms. The van der Waals surface area contributed by atoms with Gasteiger partial charge in [0.15, 0.2) is 0 Å². The van der Waals surface area contributed by atoms with Gasteiger partial charge in [-0.05, 0) is 60.9 Å². The van der Waals surface area contributed by atoms with Crippen molar-refractivity contribution in [1.29, 1.82) is 0 Å². The van der Waals surface area contributed by atoms with Crippen molar-refractivity contribution in [2.45, 2.75) is 38.3 Å². The monoisotopic (exact) mass is 411 g/mol. The number of aromatic nitrogens is 2. The Bertz CT molecular complexity index is 1210. The molecule has 0 radical (unpaired) electrons. The van der Waals surface area contributed by atoms with E-state index < -0.39 is 5.97 Å². The molecule has 1 aliphatic carbocycles. The van der Waals surface area contributed by atoms with Crippen molar-refractivity contribution in [2.75, 3.05) is 5.32 Å². The van der Waals surface area contributed by atoms with E-state index in [1.807, 2.05) is 24.3 Å². The molecular weight excluding hydrogens is 386 g/mol. The first-order valence-electron chi connectivity index (χ1n) is 10.8. The number of carboxylic acid groups (broad SMARTS) is 1. The summed E-state index contributed by atoms with van der Waals surface area (Å²) in [6, 6.07) is 24.4. The van der Waals surface area contributed by atoms with Crippen LogP contribution >= 0.6 is 0 Å². The summed E-state index contributed by atoms with van der Waals surface area (Å²) in [5.74, 6) is -0.00763. The van der Waals surface area contributed by atoms with Crippen LogP contribution in [0.1, 0.15) is 47.6 Å². The standard InChI is InChI=1S/C26H25N3O2/c30-26(31)20-12-15-24-23(16-20)28-25(29(24)22-8-4-5-9-22)19-10-13-21(14-11-19)27-17-18-6-2-1-3-7-18/h1-3,6-7,10-16,22,27H,4-5,8-9,17H2,(H,30,31).